The molecule has 4 rings (SSSR count). The number of hydrogen-bond acceptors (Lipinski definition) is 3. The second kappa shape index (κ2) is 7.03. The third-order valence-corrected chi connectivity index (χ3v) is 5.52. The summed E-state index contributed by atoms with van der Waals surface area (Å²) in [5.74, 6) is 1.02. The van der Waals surface area contributed by atoms with Crippen molar-refractivity contribution in [1.29, 1.82) is 0 Å². The van der Waals surface area contributed by atoms with Gasteiger partial charge in [-0.25, -0.2) is 4.98 Å². The fourth-order valence-electron chi connectivity index (χ4n) is 3.79. The average Bonchev–Trinajstić information content (AvgIpc) is 3.45. The molecule has 138 valence electrons. The number of aryl methyl sites for hydroxylation is 3. The Balaban J connectivity index is 1.47. The molecule has 1 heterocycles. The van der Waals surface area contributed by atoms with Gasteiger partial charge in [0.15, 0.2) is 0 Å². The monoisotopic (exact) mass is 359 g/mol. The summed E-state index contributed by atoms with van der Waals surface area (Å²) in [4.78, 5) is 16.4. The first-order chi connectivity index (χ1) is 13.0. The lowest BCUT2D eigenvalue weighted by Crippen LogP contribution is -2.21. The zero-order valence-corrected chi connectivity index (χ0v) is 15.9. The van der Waals surface area contributed by atoms with E-state index in [1.165, 1.54) is 26.8 Å². The molecule has 2 unspecified atom stereocenters. The molecule has 1 aliphatic carbocycles. The van der Waals surface area contributed by atoms with E-state index in [1.54, 1.807) is 13.1 Å². The van der Waals surface area contributed by atoms with Crippen molar-refractivity contribution in [3.8, 4) is 0 Å². The van der Waals surface area contributed by atoms with E-state index in [9.17, 15) is 4.79 Å². The molecule has 2 N–H and O–H groups in total. The third kappa shape index (κ3) is 3.80. The summed E-state index contributed by atoms with van der Waals surface area (Å²) in [6.07, 6.45) is 3.11. The topological polar surface area (TPSA) is 60.9 Å². The van der Waals surface area contributed by atoms with Crippen molar-refractivity contribution >= 4 is 5.95 Å². The number of aromatic nitrogens is 2. The van der Waals surface area contributed by atoms with Gasteiger partial charge in [-0.1, -0.05) is 54.1 Å². The molecule has 27 heavy (non-hydrogen) atoms. The van der Waals surface area contributed by atoms with Crippen molar-refractivity contribution in [3.05, 3.63) is 92.9 Å². The zero-order chi connectivity index (χ0) is 19.0. The number of nitrogens with zero attached hydrogens (tertiary/aromatic N) is 2. The van der Waals surface area contributed by atoms with Gasteiger partial charge in [-0.2, -0.15) is 0 Å². The second-order valence-corrected chi connectivity index (χ2v) is 7.62. The maximum absolute atomic E-state index is 12.0. The van der Waals surface area contributed by atoms with Gasteiger partial charge < -0.3 is 5.73 Å². The van der Waals surface area contributed by atoms with Crippen molar-refractivity contribution in [3.63, 3.8) is 0 Å². The number of anilines is 1. The Labute approximate surface area is 159 Å². The summed E-state index contributed by atoms with van der Waals surface area (Å²) in [5, 5.41) is 0. The van der Waals surface area contributed by atoms with Crippen molar-refractivity contribution < 1.29 is 0 Å². The Kier molecular flexibility index (Phi) is 4.56. The summed E-state index contributed by atoms with van der Waals surface area (Å²) in [7, 11) is 1.65. The predicted molar refractivity (Wildman–Crippen MR) is 109 cm³/mol. The fraction of sp³-hybridized carbons (Fsp3) is 0.304. The van der Waals surface area contributed by atoms with Gasteiger partial charge in [-0.05, 0) is 48.8 Å². The highest BCUT2D eigenvalue weighted by Crippen LogP contribution is 2.54. The molecule has 0 aliphatic heterocycles. The molecule has 0 spiro atoms. The lowest BCUT2D eigenvalue weighted by Gasteiger charge is -2.07. The molecule has 1 aromatic heterocycles. The molecular formula is C23H25N3O. The smallest absolute Gasteiger partial charge is 0.254 e. The van der Waals surface area contributed by atoms with E-state index >= 15 is 0 Å². The molecule has 4 heteroatoms. The van der Waals surface area contributed by atoms with E-state index in [2.05, 4.69) is 60.4 Å². The third-order valence-electron chi connectivity index (χ3n) is 5.52. The summed E-state index contributed by atoms with van der Waals surface area (Å²) >= 11 is 0. The van der Waals surface area contributed by atoms with Gasteiger partial charge >= 0.3 is 0 Å². The average molecular weight is 359 g/mol. The quantitative estimate of drug-likeness (QED) is 0.755. The van der Waals surface area contributed by atoms with Gasteiger partial charge in [0.05, 0.1) is 5.69 Å². The highest BCUT2D eigenvalue weighted by atomic mass is 16.1. The maximum atomic E-state index is 12.0. The molecule has 2 atom stereocenters. The zero-order valence-electron chi connectivity index (χ0n) is 15.9. The van der Waals surface area contributed by atoms with E-state index in [4.69, 9.17) is 5.73 Å². The van der Waals surface area contributed by atoms with Crippen LogP contribution in [0, 0.1) is 6.92 Å². The van der Waals surface area contributed by atoms with Gasteiger partial charge in [0, 0.05) is 19.0 Å². The number of nitrogens with two attached hydrogens (primary N) is 1. The van der Waals surface area contributed by atoms with Crippen LogP contribution in [0.15, 0.2) is 59.4 Å². The molecule has 0 saturated heterocycles. The van der Waals surface area contributed by atoms with Crippen LogP contribution in [0.1, 0.15) is 46.2 Å². The molecule has 1 saturated carbocycles. The van der Waals surface area contributed by atoms with E-state index in [-0.39, 0.29) is 11.5 Å². The summed E-state index contributed by atoms with van der Waals surface area (Å²) in [6.45, 7) is 2.13. The van der Waals surface area contributed by atoms with Gasteiger partial charge in [-0.15, -0.1) is 0 Å². The first-order valence-corrected chi connectivity index (χ1v) is 9.49. The van der Waals surface area contributed by atoms with Crippen molar-refractivity contribution in [2.24, 2.45) is 7.05 Å². The Morgan fingerprint density at radius 2 is 1.74 bits per heavy atom. The Morgan fingerprint density at radius 3 is 2.44 bits per heavy atom. The predicted octanol–water partition coefficient (Wildman–Crippen LogP) is 3.73. The standard InChI is InChI=1S/C23H25N3O/c1-15-5-3-6-16(11-15)9-10-17-7-4-8-18(12-17)19-13-20(19)21-14-22(27)26(2)23(24)25-21/h3-8,11-12,14,19-20H,9-10,13H2,1-2H3,(H2,24,25). The first-order valence-electron chi connectivity index (χ1n) is 9.49. The SMILES string of the molecule is Cc1cccc(CCc2cccc(C3CC3c3cc(=O)n(C)c(N)n3)c2)c1. The van der Waals surface area contributed by atoms with E-state index in [1.807, 2.05) is 0 Å². The van der Waals surface area contributed by atoms with Crippen LogP contribution in [0.4, 0.5) is 5.95 Å². The van der Waals surface area contributed by atoms with Gasteiger partial charge in [0.25, 0.3) is 5.56 Å². The maximum Gasteiger partial charge on any atom is 0.254 e. The molecule has 3 aromatic rings. The second-order valence-electron chi connectivity index (χ2n) is 7.62. The van der Waals surface area contributed by atoms with Crippen molar-refractivity contribution in [2.75, 3.05) is 5.73 Å². The minimum absolute atomic E-state index is 0.0879. The summed E-state index contributed by atoms with van der Waals surface area (Å²) < 4.78 is 1.38. The number of benzene rings is 2. The van der Waals surface area contributed by atoms with Gasteiger partial charge in [-0.3, -0.25) is 9.36 Å². The molecule has 1 fully saturated rings. The van der Waals surface area contributed by atoms with Crippen LogP contribution in [0.5, 0.6) is 0 Å². The van der Waals surface area contributed by atoms with Gasteiger partial charge in [0.2, 0.25) is 5.95 Å². The lowest BCUT2D eigenvalue weighted by molar-refractivity contribution is 0.813. The molecule has 0 amide bonds. The highest BCUT2D eigenvalue weighted by Gasteiger charge is 2.41. The Bertz CT molecular complexity index is 1040. The number of hydrogen-bond donors (Lipinski definition) is 1. The van der Waals surface area contributed by atoms with Crippen LogP contribution in [0.25, 0.3) is 0 Å². The highest BCUT2D eigenvalue weighted by molar-refractivity contribution is 5.37. The Morgan fingerprint density at radius 1 is 1.04 bits per heavy atom. The molecule has 2 aromatic carbocycles. The van der Waals surface area contributed by atoms with Crippen LogP contribution in [0.3, 0.4) is 0 Å². The molecule has 0 radical (unpaired) electrons. The van der Waals surface area contributed by atoms with E-state index < -0.39 is 0 Å². The molecule has 0 bridgehead atoms. The largest absolute Gasteiger partial charge is 0.369 e. The van der Waals surface area contributed by atoms with Crippen LogP contribution in [0.2, 0.25) is 0 Å². The Hall–Kier alpha value is -2.88. The minimum atomic E-state index is -0.0879. The van der Waals surface area contributed by atoms with Crippen LogP contribution < -0.4 is 11.3 Å². The van der Waals surface area contributed by atoms with E-state index in [0.717, 1.165) is 25.0 Å². The molecule has 1 aliphatic rings. The minimum Gasteiger partial charge on any atom is -0.369 e. The molecular weight excluding hydrogens is 334 g/mol. The lowest BCUT2D eigenvalue weighted by atomic mass is 9.99. The van der Waals surface area contributed by atoms with Crippen LogP contribution in [-0.2, 0) is 19.9 Å². The van der Waals surface area contributed by atoms with Crippen LogP contribution in [-0.4, -0.2) is 9.55 Å². The van der Waals surface area contributed by atoms with Gasteiger partial charge in [0.1, 0.15) is 0 Å². The number of nitrogen functional groups attached to an aromatic ring is 1. The molecule has 4 nitrogen and oxygen atoms in total. The normalized spacial score (nSPS) is 18.4. The summed E-state index contributed by atoms with van der Waals surface area (Å²) in [5.41, 5.74) is 12.0. The van der Waals surface area contributed by atoms with Crippen LogP contribution >= 0.6 is 0 Å². The fourth-order valence-corrected chi connectivity index (χ4v) is 3.79. The van der Waals surface area contributed by atoms with E-state index in [0.29, 0.717) is 11.8 Å². The van der Waals surface area contributed by atoms with Crippen molar-refractivity contribution in [1.82, 2.24) is 9.55 Å². The van der Waals surface area contributed by atoms with Crippen molar-refractivity contribution in [2.45, 2.75) is 38.0 Å². The first kappa shape index (κ1) is 17.5. The number of rotatable bonds is 5. The summed E-state index contributed by atoms with van der Waals surface area (Å²) in [6, 6.07) is 19.2.